The number of carbonyl (C=O) groups excluding carboxylic acids is 2. The van der Waals surface area contributed by atoms with E-state index in [4.69, 9.17) is 10.5 Å². The van der Waals surface area contributed by atoms with E-state index in [-0.39, 0.29) is 35.9 Å². The second kappa shape index (κ2) is 2.90. The molecule has 0 aromatic heterocycles. The molecule has 2 N–H and O–H groups in total. The zero-order valence-corrected chi connectivity index (χ0v) is 8.13. The highest BCUT2D eigenvalue weighted by molar-refractivity contribution is 6.06. The number of fused-ring (bicyclic) bond motifs is 5. The fraction of sp³-hybridized carbons (Fsp3) is 0.600. The summed E-state index contributed by atoms with van der Waals surface area (Å²) in [4.78, 5) is 25.1. The van der Waals surface area contributed by atoms with Crippen LogP contribution < -0.4 is 5.73 Å². The number of hydrogen-bond acceptors (Lipinski definition) is 4. The van der Waals surface area contributed by atoms with Crippen molar-refractivity contribution in [3.8, 4) is 0 Å². The number of nitrogens with two attached hydrogens (primary N) is 1. The topological polar surface area (TPSA) is 72.6 Å². The molecule has 2 bridgehead atoms. The lowest BCUT2D eigenvalue weighted by atomic mass is 9.85. The summed E-state index contributed by atoms with van der Waals surface area (Å²) in [5.74, 6) is -0.822. The van der Waals surface area contributed by atoms with Crippen LogP contribution in [0.1, 0.15) is 0 Å². The third-order valence-corrected chi connectivity index (χ3v) is 3.35. The molecule has 0 spiro atoms. The van der Waals surface area contributed by atoms with E-state index in [1.165, 1.54) is 4.90 Å². The van der Waals surface area contributed by atoms with Crippen molar-refractivity contribution in [1.82, 2.24) is 4.90 Å². The minimum Gasteiger partial charge on any atom is -0.365 e. The van der Waals surface area contributed by atoms with Gasteiger partial charge in [0, 0.05) is 13.1 Å². The van der Waals surface area contributed by atoms with Crippen LogP contribution in [0, 0.1) is 11.8 Å². The molecule has 3 rings (SSSR count). The van der Waals surface area contributed by atoms with Crippen molar-refractivity contribution in [1.29, 1.82) is 0 Å². The van der Waals surface area contributed by atoms with Crippen molar-refractivity contribution in [2.45, 2.75) is 12.2 Å². The molecule has 0 aromatic rings. The Balaban J connectivity index is 1.93. The first kappa shape index (κ1) is 9.06. The zero-order valence-electron chi connectivity index (χ0n) is 8.13. The Kier molecular flexibility index (Phi) is 1.75. The number of ether oxygens (including phenoxy) is 1. The summed E-state index contributed by atoms with van der Waals surface area (Å²) in [6, 6.07) is 0. The van der Waals surface area contributed by atoms with Gasteiger partial charge in [-0.2, -0.15) is 0 Å². The zero-order chi connectivity index (χ0) is 10.6. The predicted octanol–water partition coefficient (Wildman–Crippen LogP) is -1.12. The van der Waals surface area contributed by atoms with Crippen molar-refractivity contribution in [3.05, 3.63) is 12.2 Å². The summed E-state index contributed by atoms with van der Waals surface area (Å²) in [5, 5.41) is 0. The summed E-state index contributed by atoms with van der Waals surface area (Å²) < 4.78 is 5.50. The monoisotopic (exact) mass is 208 g/mol. The molecular formula is C10H12N2O3. The highest BCUT2D eigenvalue weighted by Gasteiger charge is 2.60. The molecule has 0 aromatic carbocycles. The lowest BCUT2D eigenvalue weighted by Crippen LogP contribution is -2.37. The normalized spacial score (nSPS) is 41.8. The molecule has 5 heteroatoms. The Morgan fingerprint density at radius 1 is 1.20 bits per heavy atom. The van der Waals surface area contributed by atoms with Gasteiger partial charge in [-0.1, -0.05) is 12.2 Å². The molecule has 15 heavy (non-hydrogen) atoms. The third kappa shape index (κ3) is 0.992. The minimum atomic E-state index is -0.293. The lowest BCUT2D eigenvalue weighted by Gasteiger charge is -2.15. The van der Waals surface area contributed by atoms with Crippen LogP contribution in [-0.2, 0) is 14.3 Å². The van der Waals surface area contributed by atoms with Gasteiger partial charge < -0.3 is 10.5 Å². The van der Waals surface area contributed by atoms with Crippen molar-refractivity contribution in [2.24, 2.45) is 17.6 Å². The van der Waals surface area contributed by atoms with Crippen molar-refractivity contribution < 1.29 is 14.3 Å². The molecule has 0 aliphatic carbocycles. The number of amides is 2. The molecule has 2 amide bonds. The average molecular weight is 208 g/mol. The molecule has 2 fully saturated rings. The van der Waals surface area contributed by atoms with Crippen LogP contribution in [0.15, 0.2) is 12.2 Å². The Hall–Kier alpha value is -1.20. The van der Waals surface area contributed by atoms with Crippen LogP contribution in [0.3, 0.4) is 0 Å². The van der Waals surface area contributed by atoms with Gasteiger partial charge in [-0.25, -0.2) is 0 Å². The van der Waals surface area contributed by atoms with Gasteiger partial charge in [0.05, 0.1) is 24.0 Å². The highest BCUT2D eigenvalue weighted by Crippen LogP contribution is 2.44. The van der Waals surface area contributed by atoms with E-state index in [9.17, 15) is 9.59 Å². The Labute approximate surface area is 86.9 Å². The third-order valence-electron chi connectivity index (χ3n) is 3.35. The van der Waals surface area contributed by atoms with Gasteiger partial charge in [0.15, 0.2) is 0 Å². The molecule has 3 aliphatic rings. The van der Waals surface area contributed by atoms with Crippen LogP contribution in [0.5, 0.6) is 0 Å². The highest BCUT2D eigenvalue weighted by atomic mass is 16.5. The van der Waals surface area contributed by atoms with Crippen molar-refractivity contribution in [2.75, 3.05) is 13.1 Å². The fourth-order valence-electron chi connectivity index (χ4n) is 2.71. The summed E-state index contributed by atoms with van der Waals surface area (Å²) >= 11 is 0. The summed E-state index contributed by atoms with van der Waals surface area (Å²) in [6.45, 7) is 0.643. The van der Waals surface area contributed by atoms with Crippen molar-refractivity contribution in [3.63, 3.8) is 0 Å². The molecule has 4 atom stereocenters. The van der Waals surface area contributed by atoms with Crippen molar-refractivity contribution >= 4 is 11.8 Å². The number of hydrogen-bond donors (Lipinski definition) is 1. The van der Waals surface area contributed by atoms with Crippen LogP contribution in [0.25, 0.3) is 0 Å². The Morgan fingerprint density at radius 3 is 2.20 bits per heavy atom. The van der Waals surface area contributed by atoms with E-state index in [0.29, 0.717) is 13.1 Å². The van der Waals surface area contributed by atoms with E-state index in [2.05, 4.69) is 0 Å². The van der Waals surface area contributed by atoms with E-state index < -0.39 is 0 Å². The summed E-state index contributed by atoms with van der Waals surface area (Å²) in [7, 11) is 0. The molecule has 80 valence electrons. The van der Waals surface area contributed by atoms with E-state index >= 15 is 0 Å². The van der Waals surface area contributed by atoms with Crippen LogP contribution in [-0.4, -0.2) is 42.0 Å². The maximum atomic E-state index is 11.9. The smallest absolute Gasteiger partial charge is 0.236 e. The van der Waals surface area contributed by atoms with Gasteiger partial charge >= 0.3 is 0 Å². The molecule has 3 heterocycles. The molecular weight excluding hydrogens is 196 g/mol. The maximum absolute atomic E-state index is 11.9. The molecule has 2 saturated heterocycles. The first-order valence-corrected chi connectivity index (χ1v) is 5.13. The van der Waals surface area contributed by atoms with Crippen LogP contribution in [0.2, 0.25) is 0 Å². The van der Waals surface area contributed by atoms with Gasteiger partial charge in [0.2, 0.25) is 11.8 Å². The quantitative estimate of drug-likeness (QED) is 0.461. The molecule has 0 saturated carbocycles. The molecule has 5 nitrogen and oxygen atoms in total. The van der Waals surface area contributed by atoms with E-state index in [0.717, 1.165) is 0 Å². The number of nitrogens with zero attached hydrogens (tertiary/aromatic N) is 1. The van der Waals surface area contributed by atoms with Gasteiger partial charge in [-0.3, -0.25) is 14.5 Å². The predicted molar refractivity (Wildman–Crippen MR) is 50.6 cm³/mol. The SMILES string of the molecule is NCCN1C(=O)C2C3C=CC(O3)C2C1=O. The van der Waals surface area contributed by atoms with Crippen LogP contribution >= 0.6 is 0 Å². The Morgan fingerprint density at radius 2 is 1.73 bits per heavy atom. The number of rotatable bonds is 2. The van der Waals surface area contributed by atoms with E-state index in [1.807, 2.05) is 12.2 Å². The lowest BCUT2D eigenvalue weighted by molar-refractivity contribution is -0.142. The first-order chi connectivity index (χ1) is 7.24. The second-order valence-electron chi connectivity index (χ2n) is 4.12. The van der Waals surface area contributed by atoms with Crippen LogP contribution in [0.4, 0.5) is 0 Å². The Bertz CT molecular complexity index is 336. The maximum Gasteiger partial charge on any atom is 0.236 e. The standard InChI is InChI=1S/C10H12N2O3/c11-3-4-12-9(13)7-5-1-2-6(15-5)8(7)10(12)14/h1-2,5-8H,3-4,11H2. The summed E-state index contributed by atoms with van der Waals surface area (Å²) in [5.41, 5.74) is 5.38. The van der Waals surface area contributed by atoms with Gasteiger partial charge in [-0.05, 0) is 0 Å². The second-order valence-corrected chi connectivity index (χ2v) is 4.12. The van der Waals surface area contributed by atoms with Gasteiger partial charge in [0.25, 0.3) is 0 Å². The molecule has 3 aliphatic heterocycles. The molecule has 4 unspecified atom stereocenters. The van der Waals surface area contributed by atoms with Gasteiger partial charge in [0.1, 0.15) is 0 Å². The number of likely N-dealkylation sites (tertiary alicyclic amines) is 1. The fourth-order valence-corrected chi connectivity index (χ4v) is 2.71. The summed E-state index contributed by atoms with van der Waals surface area (Å²) in [6.07, 6.45) is 3.37. The van der Waals surface area contributed by atoms with E-state index in [1.54, 1.807) is 0 Å². The first-order valence-electron chi connectivity index (χ1n) is 5.13. The minimum absolute atomic E-state index is 0.118. The largest absolute Gasteiger partial charge is 0.365 e. The average Bonchev–Trinajstić information content (AvgIpc) is 2.87. The number of carbonyl (C=O) groups is 2. The van der Waals surface area contributed by atoms with Gasteiger partial charge in [-0.15, -0.1) is 0 Å². The molecule has 0 radical (unpaired) electrons. The number of imide groups is 1.